The van der Waals surface area contributed by atoms with Gasteiger partial charge in [-0.1, -0.05) is 30.3 Å². The minimum absolute atomic E-state index is 0.00422. The van der Waals surface area contributed by atoms with Crippen LogP contribution in [0.5, 0.6) is 0 Å². The summed E-state index contributed by atoms with van der Waals surface area (Å²) >= 11 is 0. The number of alkyl halides is 3. The van der Waals surface area contributed by atoms with Gasteiger partial charge < -0.3 is 9.88 Å². The van der Waals surface area contributed by atoms with Gasteiger partial charge in [0, 0.05) is 37.8 Å². The molecule has 182 valence electrons. The van der Waals surface area contributed by atoms with E-state index < -0.39 is 11.7 Å². The lowest BCUT2D eigenvalue weighted by molar-refractivity contribution is -0.138. The molecule has 1 N–H and O–H groups in total. The number of piperazine rings is 1. The Morgan fingerprint density at radius 1 is 1.03 bits per heavy atom. The molecule has 8 nitrogen and oxygen atoms in total. The summed E-state index contributed by atoms with van der Waals surface area (Å²) in [6.45, 7) is 1.73. The fraction of sp³-hybridized carbons (Fsp3) is 0.333. The molecule has 0 bridgehead atoms. The minimum atomic E-state index is -4.48. The Hall–Kier alpha value is -3.73. The number of nitrogens with zero attached hydrogens (tertiary/aromatic N) is 5. The molecule has 0 radical (unpaired) electrons. The number of hydrogen-bond acceptors (Lipinski definition) is 5. The van der Waals surface area contributed by atoms with Gasteiger partial charge in [0.25, 0.3) is 0 Å². The Morgan fingerprint density at radius 2 is 1.83 bits per heavy atom. The van der Waals surface area contributed by atoms with Crippen LogP contribution in [-0.2, 0) is 28.7 Å². The highest BCUT2D eigenvalue weighted by Crippen LogP contribution is 2.29. The van der Waals surface area contributed by atoms with Crippen molar-refractivity contribution in [3.63, 3.8) is 0 Å². The van der Waals surface area contributed by atoms with Crippen molar-refractivity contribution in [3.8, 4) is 11.4 Å². The second kappa shape index (κ2) is 9.14. The number of aromatic amines is 1. The molecule has 0 unspecified atom stereocenters. The molecule has 2 aliphatic heterocycles. The first-order valence-electron chi connectivity index (χ1n) is 11.2. The predicted octanol–water partition coefficient (Wildman–Crippen LogP) is 2.72. The van der Waals surface area contributed by atoms with Gasteiger partial charge >= 0.3 is 6.18 Å². The molecule has 0 aliphatic carbocycles. The van der Waals surface area contributed by atoms with Crippen molar-refractivity contribution in [3.05, 3.63) is 65.6 Å². The summed E-state index contributed by atoms with van der Waals surface area (Å²) in [4.78, 5) is 42.2. The fourth-order valence-electron chi connectivity index (χ4n) is 4.34. The third-order valence-electron chi connectivity index (χ3n) is 6.24. The van der Waals surface area contributed by atoms with Crippen LogP contribution in [0.15, 0.2) is 48.7 Å². The molecule has 2 aromatic heterocycles. The summed E-state index contributed by atoms with van der Waals surface area (Å²) in [5.74, 6) is 0.563. The van der Waals surface area contributed by atoms with Crippen LogP contribution in [0.2, 0.25) is 0 Å². The predicted molar refractivity (Wildman–Crippen MR) is 121 cm³/mol. The quantitative estimate of drug-likeness (QED) is 0.616. The number of anilines is 1. The lowest BCUT2D eigenvalue weighted by Crippen LogP contribution is -2.53. The van der Waals surface area contributed by atoms with Gasteiger partial charge in [-0.25, -0.2) is 9.97 Å². The van der Waals surface area contributed by atoms with Crippen molar-refractivity contribution < 1.29 is 22.8 Å². The van der Waals surface area contributed by atoms with Crippen LogP contribution in [0, 0.1) is 0 Å². The smallest absolute Gasteiger partial charge is 0.340 e. The summed E-state index contributed by atoms with van der Waals surface area (Å²) in [5.41, 5.74) is 1.99. The number of rotatable bonds is 4. The van der Waals surface area contributed by atoms with Gasteiger partial charge in [-0.05, 0) is 12.1 Å². The number of H-pyrrole nitrogens is 1. The lowest BCUT2D eigenvalue weighted by atomic mass is 10.1. The van der Waals surface area contributed by atoms with Crippen LogP contribution in [0.25, 0.3) is 11.4 Å². The Balaban J connectivity index is 1.17. The van der Waals surface area contributed by atoms with Crippen LogP contribution < -0.4 is 4.90 Å². The second-order valence-electron chi connectivity index (χ2n) is 8.60. The molecular weight excluding hydrogens is 461 g/mol. The number of aromatic nitrogens is 3. The molecule has 0 atom stereocenters. The largest absolute Gasteiger partial charge is 0.417 e. The topological polar surface area (TPSA) is 85.4 Å². The molecule has 35 heavy (non-hydrogen) atoms. The van der Waals surface area contributed by atoms with Crippen molar-refractivity contribution >= 4 is 17.6 Å². The molecule has 1 fully saturated rings. The van der Waals surface area contributed by atoms with Crippen molar-refractivity contribution in [1.29, 1.82) is 0 Å². The Kier molecular flexibility index (Phi) is 6.01. The molecule has 0 saturated carbocycles. The number of benzene rings is 1. The SMILES string of the molecule is O=C(CN1CCN(c2ccc(C(F)(F)F)cn2)C(=O)C1)N1CCc2nc(-c3ccccc3)[nH]c2C1. The minimum Gasteiger partial charge on any atom is -0.340 e. The van der Waals surface area contributed by atoms with Crippen LogP contribution in [0.3, 0.4) is 0 Å². The van der Waals surface area contributed by atoms with E-state index in [9.17, 15) is 22.8 Å². The maximum absolute atomic E-state index is 12.9. The number of fused-ring (bicyclic) bond motifs is 1. The first-order valence-corrected chi connectivity index (χ1v) is 11.2. The van der Waals surface area contributed by atoms with E-state index in [1.165, 1.54) is 11.0 Å². The standard InChI is InChI=1S/C24H23F3N6O2/c25-24(26,27)17-6-7-20(28-12-17)33-11-10-31(15-22(33)35)14-21(34)32-9-8-18-19(13-32)30-23(29-18)16-4-2-1-3-5-16/h1-7,12H,8-11,13-15H2,(H,29,30). The first-order chi connectivity index (χ1) is 16.8. The van der Waals surface area contributed by atoms with Crippen LogP contribution in [0.4, 0.5) is 19.0 Å². The first kappa shape index (κ1) is 23.0. The number of pyridine rings is 1. The number of carbonyl (C=O) groups excluding carboxylic acids is 2. The fourth-order valence-corrected chi connectivity index (χ4v) is 4.34. The summed E-state index contributed by atoms with van der Waals surface area (Å²) in [7, 11) is 0. The molecule has 4 heterocycles. The molecule has 11 heteroatoms. The lowest BCUT2D eigenvalue weighted by Gasteiger charge is -2.35. The molecule has 1 saturated heterocycles. The van der Waals surface area contributed by atoms with E-state index in [1.807, 2.05) is 30.3 Å². The highest BCUT2D eigenvalue weighted by atomic mass is 19.4. The van der Waals surface area contributed by atoms with Crippen LogP contribution in [-0.4, -0.2) is 69.3 Å². The molecule has 1 aromatic carbocycles. The van der Waals surface area contributed by atoms with E-state index in [2.05, 4.69) is 15.0 Å². The number of carbonyl (C=O) groups is 2. The van der Waals surface area contributed by atoms with Crippen LogP contribution >= 0.6 is 0 Å². The van der Waals surface area contributed by atoms with E-state index in [4.69, 9.17) is 0 Å². The third-order valence-corrected chi connectivity index (χ3v) is 6.24. The molecule has 3 aromatic rings. The molecule has 2 aliphatic rings. The molecule has 5 rings (SSSR count). The monoisotopic (exact) mass is 484 g/mol. The van der Waals surface area contributed by atoms with Gasteiger partial charge in [0.15, 0.2) is 0 Å². The van der Waals surface area contributed by atoms with Gasteiger partial charge in [0.2, 0.25) is 11.8 Å². The van der Waals surface area contributed by atoms with Crippen molar-refractivity contribution in [1.82, 2.24) is 24.8 Å². The Labute approximate surface area is 199 Å². The number of halogens is 3. The average Bonchev–Trinajstić information content (AvgIpc) is 3.28. The van der Waals surface area contributed by atoms with Gasteiger partial charge in [-0.15, -0.1) is 0 Å². The van der Waals surface area contributed by atoms with Gasteiger partial charge in [-0.3, -0.25) is 19.4 Å². The second-order valence-corrected chi connectivity index (χ2v) is 8.60. The average molecular weight is 484 g/mol. The Morgan fingerprint density at radius 3 is 2.51 bits per heavy atom. The molecule has 2 amide bonds. The van der Waals surface area contributed by atoms with Crippen molar-refractivity contribution in [2.24, 2.45) is 0 Å². The summed E-state index contributed by atoms with van der Waals surface area (Å²) < 4.78 is 38.3. The number of hydrogen-bond donors (Lipinski definition) is 1. The van der Waals surface area contributed by atoms with Gasteiger partial charge in [-0.2, -0.15) is 13.2 Å². The molecular formula is C24H23F3N6O2. The van der Waals surface area contributed by atoms with E-state index in [0.29, 0.717) is 26.1 Å². The van der Waals surface area contributed by atoms with Gasteiger partial charge in [0.05, 0.1) is 36.6 Å². The van der Waals surface area contributed by atoms with E-state index in [-0.39, 0.29) is 37.3 Å². The van der Waals surface area contributed by atoms with Gasteiger partial charge in [0.1, 0.15) is 11.6 Å². The maximum Gasteiger partial charge on any atom is 0.417 e. The zero-order valence-electron chi connectivity index (χ0n) is 18.8. The zero-order valence-corrected chi connectivity index (χ0v) is 18.8. The molecule has 0 spiro atoms. The van der Waals surface area contributed by atoms with E-state index in [0.717, 1.165) is 35.0 Å². The number of amides is 2. The van der Waals surface area contributed by atoms with Crippen LogP contribution in [0.1, 0.15) is 17.0 Å². The van der Waals surface area contributed by atoms with Crippen molar-refractivity contribution in [2.75, 3.05) is 37.6 Å². The summed E-state index contributed by atoms with van der Waals surface area (Å²) in [5, 5.41) is 0. The summed E-state index contributed by atoms with van der Waals surface area (Å²) in [6.07, 6.45) is -3.11. The van der Waals surface area contributed by atoms with E-state index >= 15 is 0 Å². The highest BCUT2D eigenvalue weighted by molar-refractivity contribution is 5.95. The maximum atomic E-state index is 12.9. The number of nitrogens with one attached hydrogen (secondary N) is 1. The third kappa shape index (κ3) is 4.90. The number of imidazole rings is 1. The zero-order chi connectivity index (χ0) is 24.6. The van der Waals surface area contributed by atoms with Crippen molar-refractivity contribution in [2.45, 2.75) is 19.1 Å². The highest BCUT2D eigenvalue weighted by Gasteiger charge is 2.33. The normalized spacial score (nSPS) is 16.9. The summed E-state index contributed by atoms with van der Waals surface area (Å²) in [6, 6.07) is 11.9. The Bertz CT molecular complexity index is 1230. The van der Waals surface area contributed by atoms with E-state index in [1.54, 1.807) is 9.80 Å².